The fourth-order valence-corrected chi connectivity index (χ4v) is 4.48. The number of aryl methyl sites for hydroxylation is 1. The second kappa shape index (κ2) is 12.4. The van der Waals surface area contributed by atoms with Crippen LogP contribution in [-0.2, 0) is 15.9 Å². The van der Waals surface area contributed by atoms with Gasteiger partial charge in [-0.1, -0.05) is 56.2 Å². The normalized spacial score (nSPS) is 17.8. The van der Waals surface area contributed by atoms with Crippen molar-refractivity contribution in [1.82, 2.24) is 0 Å². The lowest BCUT2D eigenvalue weighted by Crippen LogP contribution is -2.32. The summed E-state index contributed by atoms with van der Waals surface area (Å²) in [6.45, 7) is 5.54. The predicted octanol–water partition coefficient (Wildman–Crippen LogP) is 7.95. The van der Waals surface area contributed by atoms with Crippen molar-refractivity contribution in [2.45, 2.75) is 52.2 Å². The van der Waals surface area contributed by atoms with Crippen LogP contribution in [0.1, 0.15) is 45.1 Å². The number of hydrogen-bond acceptors (Lipinski definition) is 3. The smallest absolute Gasteiger partial charge is 0.201 e. The Bertz CT molecular complexity index is 1140. The first kappa shape index (κ1) is 26.2. The molecule has 0 saturated carbocycles. The summed E-state index contributed by atoms with van der Waals surface area (Å²) in [5.74, 6) is -1.90. The topological polar surface area (TPSA) is 27.7 Å². The van der Waals surface area contributed by atoms with Gasteiger partial charge in [-0.25, -0.2) is 8.78 Å². The van der Waals surface area contributed by atoms with Crippen LogP contribution in [0.3, 0.4) is 0 Å². The van der Waals surface area contributed by atoms with E-state index >= 15 is 0 Å². The molecule has 1 saturated heterocycles. The zero-order valence-electron chi connectivity index (χ0n) is 20.9. The van der Waals surface area contributed by atoms with E-state index < -0.39 is 11.6 Å². The molecule has 1 heterocycles. The summed E-state index contributed by atoms with van der Waals surface area (Å²) < 4.78 is 60.4. The predicted molar refractivity (Wildman–Crippen MR) is 135 cm³/mol. The Hall–Kier alpha value is -2.83. The van der Waals surface area contributed by atoms with Crippen molar-refractivity contribution in [3.05, 3.63) is 77.6 Å². The summed E-state index contributed by atoms with van der Waals surface area (Å²) in [4.78, 5) is 0. The molecule has 3 aromatic carbocycles. The maximum Gasteiger partial charge on any atom is 0.201 e. The molecule has 1 aliphatic heterocycles. The zero-order valence-corrected chi connectivity index (χ0v) is 20.9. The Balaban J connectivity index is 1.38. The first-order valence-electron chi connectivity index (χ1n) is 12.7. The molecular formula is C30H33F3O3. The fraction of sp³-hybridized carbons (Fsp3) is 0.400. The summed E-state index contributed by atoms with van der Waals surface area (Å²) in [7, 11) is 0. The summed E-state index contributed by atoms with van der Waals surface area (Å²) >= 11 is 0. The Morgan fingerprint density at radius 3 is 2.17 bits per heavy atom. The number of benzene rings is 3. The van der Waals surface area contributed by atoms with E-state index in [9.17, 15) is 13.2 Å². The number of unbranched alkanes of at least 4 members (excludes halogenated alkanes) is 1. The number of hydrogen-bond donors (Lipinski definition) is 0. The van der Waals surface area contributed by atoms with Crippen molar-refractivity contribution in [3.8, 4) is 28.0 Å². The van der Waals surface area contributed by atoms with Crippen LogP contribution in [0, 0.1) is 23.4 Å². The highest BCUT2D eigenvalue weighted by molar-refractivity contribution is 5.71. The van der Waals surface area contributed by atoms with Crippen LogP contribution < -0.4 is 4.74 Å². The van der Waals surface area contributed by atoms with Crippen LogP contribution in [0.5, 0.6) is 5.75 Å². The highest BCUT2D eigenvalue weighted by Crippen LogP contribution is 2.32. The van der Waals surface area contributed by atoms with Gasteiger partial charge in [-0.3, -0.25) is 0 Å². The largest absolute Gasteiger partial charge is 0.491 e. The van der Waals surface area contributed by atoms with Crippen molar-refractivity contribution in [2.75, 3.05) is 19.8 Å². The molecule has 0 radical (unpaired) electrons. The molecular weight excluding hydrogens is 465 g/mol. The molecule has 0 N–H and O–H groups in total. The molecule has 1 aliphatic rings. The Morgan fingerprint density at radius 1 is 0.806 bits per heavy atom. The van der Waals surface area contributed by atoms with E-state index in [1.54, 1.807) is 37.3 Å². The Kier molecular flexibility index (Phi) is 9.05. The molecule has 0 aliphatic carbocycles. The lowest BCUT2D eigenvalue weighted by molar-refractivity contribution is -0.203. The lowest BCUT2D eigenvalue weighted by atomic mass is 9.98. The molecule has 0 bridgehead atoms. The van der Waals surface area contributed by atoms with E-state index in [0.29, 0.717) is 48.7 Å². The van der Waals surface area contributed by atoms with Gasteiger partial charge in [0.25, 0.3) is 0 Å². The quantitative estimate of drug-likeness (QED) is 0.284. The Labute approximate surface area is 211 Å². The van der Waals surface area contributed by atoms with E-state index in [2.05, 4.69) is 6.92 Å². The minimum atomic E-state index is -1.00. The first-order chi connectivity index (χ1) is 17.5. The van der Waals surface area contributed by atoms with Crippen LogP contribution in [-0.4, -0.2) is 26.1 Å². The summed E-state index contributed by atoms with van der Waals surface area (Å²) in [5, 5.41) is 0. The third kappa shape index (κ3) is 6.29. The van der Waals surface area contributed by atoms with Crippen molar-refractivity contribution in [3.63, 3.8) is 0 Å². The van der Waals surface area contributed by atoms with Gasteiger partial charge in [0.05, 0.1) is 19.8 Å². The summed E-state index contributed by atoms with van der Waals surface area (Å²) in [6.07, 6.45) is 4.31. The fourth-order valence-electron chi connectivity index (χ4n) is 4.48. The van der Waals surface area contributed by atoms with Crippen molar-refractivity contribution in [2.24, 2.45) is 5.92 Å². The average Bonchev–Trinajstić information content (AvgIpc) is 2.90. The first-order valence-corrected chi connectivity index (χ1v) is 12.7. The van der Waals surface area contributed by atoms with Crippen molar-refractivity contribution in [1.29, 1.82) is 0 Å². The van der Waals surface area contributed by atoms with E-state index in [4.69, 9.17) is 14.2 Å². The molecule has 4 rings (SSSR count). The molecule has 0 amide bonds. The highest BCUT2D eigenvalue weighted by Gasteiger charge is 2.22. The molecule has 0 aromatic heterocycles. The van der Waals surface area contributed by atoms with E-state index in [1.807, 2.05) is 6.07 Å². The molecule has 192 valence electrons. The van der Waals surface area contributed by atoms with Gasteiger partial charge in [0.15, 0.2) is 17.9 Å². The van der Waals surface area contributed by atoms with Gasteiger partial charge in [0, 0.05) is 17.9 Å². The maximum absolute atomic E-state index is 14.8. The van der Waals surface area contributed by atoms with Gasteiger partial charge in [0.1, 0.15) is 5.82 Å². The standard InChI is InChI=1S/C30H33F3O3/c1-3-5-6-20-18-35-28(36-19-20)16-13-23-11-12-24(17-26(23)31)21-7-9-22(10-8-21)25-14-15-27(34-4-2)30(33)29(25)32/h7-12,14-15,17,20,28H,3-6,13,16,18-19H2,1-2H3. The average molecular weight is 499 g/mol. The number of ether oxygens (including phenoxy) is 3. The molecule has 0 spiro atoms. The van der Waals surface area contributed by atoms with Crippen molar-refractivity contribution >= 4 is 0 Å². The van der Waals surface area contributed by atoms with Gasteiger partial charge in [-0.05, 0) is 60.2 Å². The van der Waals surface area contributed by atoms with E-state index in [-0.39, 0.29) is 30.0 Å². The zero-order chi connectivity index (χ0) is 25.5. The SMILES string of the molecule is CCCCC1COC(CCc2ccc(-c3ccc(-c4ccc(OCC)c(F)c4F)cc3)cc2F)OC1. The molecule has 36 heavy (non-hydrogen) atoms. The third-order valence-corrected chi connectivity index (χ3v) is 6.58. The minimum absolute atomic E-state index is 0.108. The number of halogens is 3. The van der Waals surface area contributed by atoms with Crippen molar-refractivity contribution < 1.29 is 27.4 Å². The minimum Gasteiger partial charge on any atom is -0.491 e. The molecule has 1 fully saturated rings. The second-order valence-corrected chi connectivity index (χ2v) is 9.20. The molecule has 3 nitrogen and oxygen atoms in total. The van der Waals surface area contributed by atoms with Crippen LogP contribution >= 0.6 is 0 Å². The van der Waals surface area contributed by atoms with Gasteiger partial charge >= 0.3 is 0 Å². The van der Waals surface area contributed by atoms with Gasteiger partial charge < -0.3 is 14.2 Å². The molecule has 0 atom stereocenters. The van der Waals surface area contributed by atoms with Crippen LogP contribution in [0.15, 0.2) is 54.6 Å². The molecule has 0 unspecified atom stereocenters. The lowest BCUT2D eigenvalue weighted by Gasteiger charge is -2.29. The third-order valence-electron chi connectivity index (χ3n) is 6.58. The van der Waals surface area contributed by atoms with Gasteiger partial charge in [-0.2, -0.15) is 4.39 Å². The molecule has 6 heteroatoms. The van der Waals surface area contributed by atoms with E-state index in [0.717, 1.165) is 12.0 Å². The highest BCUT2D eigenvalue weighted by atomic mass is 19.2. The van der Waals surface area contributed by atoms with Gasteiger partial charge in [-0.15, -0.1) is 0 Å². The monoisotopic (exact) mass is 498 g/mol. The summed E-state index contributed by atoms with van der Waals surface area (Å²) in [5.41, 5.74) is 2.79. The summed E-state index contributed by atoms with van der Waals surface area (Å²) in [6, 6.07) is 15.0. The molecule has 3 aromatic rings. The maximum atomic E-state index is 14.8. The van der Waals surface area contributed by atoms with E-state index in [1.165, 1.54) is 31.0 Å². The number of rotatable bonds is 10. The van der Waals surface area contributed by atoms with Crippen LogP contribution in [0.4, 0.5) is 13.2 Å². The van der Waals surface area contributed by atoms with Crippen LogP contribution in [0.25, 0.3) is 22.3 Å². The Morgan fingerprint density at radius 2 is 1.50 bits per heavy atom. The van der Waals surface area contributed by atoms with Gasteiger partial charge in [0.2, 0.25) is 5.82 Å². The second-order valence-electron chi connectivity index (χ2n) is 9.20. The van der Waals surface area contributed by atoms with Crippen LogP contribution in [0.2, 0.25) is 0 Å².